The fourth-order valence-electron chi connectivity index (χ4n) is 3.33. The molecule has 0 aliphatic carbocycles. The summed E-state index contributed by atoms with van der Waals surface area (Å²) in [4.78, 5) is 18.0. The average molecular weight is 501 g/mol. The first kappa shape index (κ1) is 24.1. The van der Waals surface area contributed by atoms with E-state index in [4.69, 9.17) is 21.9 Å². The minimum atomic E-state index is -4.03. The van der Waals surface area contributed by atoms with E-state index < -0.39 is 33.4 Å². The van der Waals surface area contributed by atoms with Crippen LogP contribution < -0.4 is 10.6 Å². The number of fused-ring (bicyclic) bond motifs is 1. The summed E-state index contributed by atoms with van der Waals surface area (Å²) in [6.07, 6.45) is 0.473. The maximum atomic E-state index is 14.9. The minimum absolute atomic E-state index is 0. The Labute approximate surface area is 194 Å². The highest BCUT2D eigenvalue weighted by atomic mass is 35.5. The number of aryl methyl sites for hydroxylation is 1. The number of sulfone groups is 1. The van der Waals surface area contributed by atoms with Crippen molar-refractivity contribution < 1.29 is 22.1 Å². The summed E-state index contributed by atoms with van der Waals surface area (Å²) in [7, 11) is -4.03. The van der Waals surface area contributed by atoms with Gasteiger partial charge >= 0.3 is 0 Å². The lowest BCUT2D eigenvalue weighted by Crippen LogP contribution is -2.45. The van der Waals surface area contributed by atoms with Crippen molar-refractivity contribution in [2.45, 2.75) is 30.8 Å². The Kier molecular flexibility index (Phi) is 6.89. The molecule has 0 spiro atoms. The van der Waals surface area contributed by atoms with Gasteiger partial charge in [0.25, 0.3) is 5.89 Å². The number of amides is 1. The fourth-order valence-corrected chi connectivity index (χ4v) is 5.02. The van der Waals surface area contributed by atoms with E-state index in [0.29, 0.717) is 22.8 Å². The quantitative estimate of drug-likeness (QED) is 0.583. The number of nitrogens with zero attached hydrogens (tertiary/aromatic N) is 3. The molecule has 1 amide bonds. The first-order valence-electron chi connectivity index (χ1n) is 9.40. The van der Waals surface area contributed by atoms with Gasteiger partial charge in [0.05, 0.1) is 34.5 Å². The van der Waals surface area contributed by atoms with E-state index in [1.807, 2.05) is 6.92 Å². The van der Waals surface area contributed by atoms with Gasteiger partial charge in [-0.15, -0.1) is 12.4 Å². The predicted molar refractivity (Wildman–Crippen MR) is 119 cm³/mol. The lowest BCUT2D eigenvalue weighted by atomic mass is 10.1. The van der Waals surface area contributed by atoms with Crippen LogP contribution in [0, 0.1) is 5.82 Å². The number of benzene rings is 2. The Morgan fingerprint density at radius 2 is 1.97 bits per heavy atom. The topological polar surface area (TPSA) is 119 Å². The van der Waals surface area contributed by atoms with E-state index in [1.165, 1.54) is 11.0 Å². The Hall–Kier alpha value is -2.53. The van der Waals surface area contributed by atoms with Crippen LogP contribution in [-0.4, -0.2) is 36.3 Å². The van der Waals surface area contributed by atoms with Crippen molar-refractivity contribution in [2.24, 2.45) is 5.73 Å². The van der Waals surface area contributed by atoms with Gasteiger partial charge in [-0.2, -0.15) is 4.98 Å². The first-order chi connectivity index (χ1) is 14.7. The fraction of sp³-hybridized carbons (Fsp3) is 0.250. The third-order valence-corrected chi connectivity index (χ3v) is 6.97. The predicted octanol–water partition coefficient (Wildman–Crippen LogP) is 3.16. The van der Waals surface area contributed by atoms with Gasteiger partial charge < -0.3 is 15.2 Å². The maximum Gasteiger partial charge on any atom is 0.260 e. The Balaban J connectivity index is 0.00000289. The summed E-state index contributed by atoms with van der Waals surface area (Å²) < 4.78 is 45.7. The Bertz CT molecular complexity index is 1270. The highest BCUT2D eigenvalue weighted by molar-refractivity contribution is 7.91. The van der Waals surface area contributed by atoms with Crippen LogP contribution in [0.15, 0.2) is 45.8 Å². The molecule has 0 radical (unpaired) electrons. The third kappa shape index (κ3) is 4.49. The number of carbonyl (C=O) groups excluding carboxylic acids is 1. The number of halogens is 3. The molecule has 1 aromatic heterocycles. The molecule has 0 saturated heterocycles. The van der Waals surface area contributed by atoms with E-state index in [0.717, 1.165) is 6.07 Å². The number of carbonyl (C=O) groups is 1. The summed E-state index contributed by atoms with van der Waals surface area (Å²) in [5.74, 6) is -1.83. The molecule has 0 bridgehead atoms. The zero-order valence-corrected chi connectivity index (χ0v) is 19.2. The number of hydrogen-bond acceptors (Lipinski definition) is 7. The van der Waals surface area contributed by atoms with Gasteiger partial charge in [0.2, 0.25) is 5.91 Å². The van der Waals surface area contributed by atoms with Crippen LogP contribution in [0.25, 0.3) is 11.5 Å². The molecule has 3 aromatic rings. The zero-order valence-electron chi connectivity index (χ0n) is 16.8. The normalized spacial score (nSPS) is 17.4. The van der Waals surface area contributed by atoms with E-state index in [9.17, 15) is 17.6 Å². The van der Waals surface area contributed by atoms with Crippen molar-refractivity contribution in [3.63, 3.8) is 0 Å². The van der Waals surface area contributed by atoms with Crippen molar-refractivity contribution in [3.8, 4) is 11.5 Å². The van der Waals surface area contributed by atoms with Crippen LogP contribution in [0.3, 0.4) is 0 Å². The van der Waals surface area contributed by atoms with Crippen LogP contribution in [0.5, 0.6) is 0 Å². The van der Waals surface area contributed by atoms with Gasteiger partial charge in [-0.05, 0) is 29.8 Å². The summed E-state index contributed by atoms with van der Waals surface area (Å²) in [6.45, 7) is 1.82. The summed E-state index contributed by atoms with van der Waals surface area (Å²) in [5.41, 5.74) is 6.47. The third-order valence-electron chi connectivity index (χ3n) is 4.93. The van der Waals surface area contributed by atoms with Crippen LogP contribution in [0.4, 0.5) is 10.1 Å². The first-order valence-corrected chi connectivity index (χ1v) is 11.4. The molecule has 2 aromatic carbocycles. The number of nitrogens with two attached hydrogens (primary N) is 1. The van der Waals surface area contributed by atoms with E-state index in [-0.39, 0.29) is 41.0 Å². The molecule has 0 fully saturated rings. The summed E-state index contributed by atoms with van der Waals surface area (Å²) >= 11 is 5.93. The van der Waals surface area contributed by atoms with Gasteiger partial charge in [-0.25, -0.2) is 12.8 Å². The second kappa shape index (κ2) is 9.14. The van der Waals surface area contributed by atoms with Gasteiger partial charge in [0.15, 0.2) is 15.7 Å². The monoisotopic (exact) mass is 500 g/mol. The molecule has 2 heterocycles. The lowest BCUT2D eigenvalue weighted by molar-refractivity contribution is -0.119. The summed E-state index contributed by atoms with van der Waals surface area (Å²) in [5, 5.41) is 4.26. The average Bonchev–Trinajstić information content (AvgIpc) is 3.19. The van der Waals surface area contributed by atoms with Crippen LogP contribution in [0.1, 0.15) is 18.3 Å². The zero-order chi connectivity index (χ0) is 22.3. The molecule has 8 nitrogen and oxygen atoms in total. The van der Waals surface area contributed by atoms with Gasteiger partial charge in [-0.3, -0.25) is 4.79 Å². The molecule has 4 rings (SSSR count). The van der Waals surface area contributed by atoms with E-state index in [1.54, 1.807) is 24.3 Å². The molecule has 1 atom stereocenters. The molecule has 1 aliphatic heterocycles. The molecule has 1 aliphatic rings. The maximum absolute atomic E-state index is 14.9. The molecule has 12 heteroatoms. The second-order valence-corrected chi connectivity index (χ2v) is 9.55. The number of rotatable bonds is 4. The van der Waals surface area contributed by atoms with E-state index >= 15 is 0 Å². The SMILES string of the molecule is CCc1noc(-c2cc3c(cc2F)S(=O)(=O)C[C@H](N)C(=O)N3Cc2ccc(Cl)cc2)n1.Cl. The Morgan fingerprint density at radius 1 is 1.28 bits per heavy atom. The molecule has 2 N–H and O–H groups in total. The van der Waals surface area contributed by atoms with Crippen LogP contribution in [-0.2, 0) is 27.6 Å². The molecule has 0 saturated carbocycles. The van der Waals surface area contributed by atoms with Crippen molar-refractivity contribution in [1.82, 2.24) is 10.1 Å². The smallest absolute Gasteiger partial charge is 0.260 e. The highest BCUT2D eigenvalue weighted by Crippen LogP contribution is 2.36. The molecule has 170 valence electrons. The van der Waals surface area contributed by atoms with Crippen LogP contribution in [0.2, 0.25) is 5.02 Å². The van der Waals surface area contributed by atoms with Crippen LogP contribution >= 0.6 is 24.0 Å². The standard InChI is InChI=1S/C20H18ClFN4O4S.ClH/c1-2-18-24-19(30-25-18)13-7-16-17(8-14(13)22)31(28,29)10-15(23)20(27)26(16)9-11-3-5-12(21)6-4-11;/h3-8,15H,2,9-10,23H2,1H3;1H/t15-;/m0./s1. The number of aromatic nitrogens is 2. The van der Waals surface area contributed by atoms with Gasteiger partial charge in [-0.1, -0.05) is 35.8 Å². The number of anilines is 1. The van der Waals surface area contributed by atoms with Crippen molar-refractivity contribution in [3.05, 3.63) is 58.6 Å². The van der Waals surface area contributed by atoms with Gasteiger partial charge in [0.1, 0.15) is 5.82 Å². The highest BCUT2D eigenvalue weighted by Gasteiger charge is 2.37. The van der Waals surface area contributed by atoms with Crippen molar-refractivity contribution in [1.29, 1.82) is 0 Å². The summed E-state index contributed by atoms with van der Waals surface area (Å²) in [6, 6.07) is 7.52. The molecular weight excluding hydrogens is 482 g/mol. The lowest BCUT2D eigenvalue weighted by Gasteiger charge is -2.24. The molecule has 32 heavy (non-hydrogen) atoms. The number of hydrogen-bond donors (Lipinski definition) is 1. The Morgan fingerprint density at radius 3 is 2.59 bits per heavy atom. The van der Waals surface area contributed by atoms with E-state index in [2.05, 4.69) is 10.1 Å². The van der Waals surface area contributed by atoms with Crippen molar-refractivity contribution >= 4 is 45.4 Å². The second-order valence-electron chi connectivity index (χ2n) is 7.11. The van der Waals surface area contributed by atoms with Crippen molar-refractivity contribution in [2.75, 3.05) is 10.7 Å². The minimum Gasteiger partial charge on any atom is -0.334 e. The molecule has 0 unspecified atom stereocenters. The molecular formula is C20H19Cl2FN4O4S. The largest absolute Gasteiger partial charge is 0.334 e. The van der Waals surface area contributed by atoms with Gasteiger partial charge in [0, 0.05) is 11.4 Å².